The first-order valence-corrected chi connectivity index (χ1v) is 10.5. The molecule has 0 saturated carbocycles. The molecule has 1 atom stereocenters. The Morgan fingerprint density at radius 2 is 2.19 bits per heavy atom. The van der Waals surface area contributed by atoms with Crippen molar-refractivity contribution in [1.82, 2.24) is 10.1 Å². The molecule has 0 radical (unpaired) electrons. The summed E-state index contributed by atoms with van der Waals surface area (Å²) in [6.07, 6.45) is 5.11. The number of aromatic nitrogens is 1. The van der Waals surface area contributed by atoms with Crippen LogP contribution in [0.4, 0.5) is 0 Å². The third kappa shape index (κ3) is 5.03. The second-order valence-electron chi connectivity index (χ2n) is 7.46. The zero-order valence-corrected chi connectivity index (χ0v) is 18.0. The van der Waals surface area contributed by atoms with Crippen molar-refractivity contribution in [2.24, 2.45) is 0 Å². The molecule has 1 unspecified atom stereocenters. The molecule has 3 heterocycles. The maximum Gasteiger partial charge on any atom is 0.276 e. The lowest BCUT2D eigenvalue weighted by Gasteiger charge is -2.25. The summed E-state index contributed by atoms with van der Waals surface area (Å²) < 4.78 is 27.5. The molecule has 0 N–H and O–H groups in total. The van der Waals surface area contributed by atoms with Gasteiger partial charge in [-0.25, -0.2) is 0 Å². The third-order valence-corrected chi connectivity index (χ3v) is 5.19. The summed E-state index contributed by atoms with van der Waals surface area (Å²) in [7, 11) is 1.58. The van der Waals surface area contributed by atoms with E-state index in [1.807, 2.05) is 18.2 Å². The van der Waals surface area contributed by atoms with Crippen molar-refractivity contribution in [3.05, 3.63) is 66.6 Å². The molecule has 4 rings (SSSR count). The Morgan fingerprint density at radius 1 is 1.28 bits per heavy atom. The molecule has 0 spiro atoms. The first kappa shape index (κ1) is 21.7. The van der Waals surface area contributed by atoms with Gasteiger partial charge in [0.05, 0.1) is 19.5 Å². The largest absolute Gasteiger partial charge is 0.493 e. The number of hydrogen-bond donors (Lipinski definition) is 0. The van der Waals surface area contributed by atoms with Crippen molar-refractivity contribution >= 4 is 5.91 Å². The quantitative estimate of drug-likeness (QED) is 0.436. The fourth-order valence-corrected chi connectivity index (χ4v) is 3.62. The molecule has 32 heavy (non-hydrogen) atoms. The lowest BCUT2D eigenvalue weighted by atomic mass is 10.1. The predicted molar refractivity (Wildman–Crippen MR) is 117 cm³/mol. The molecule has 1 aliphatic heterocycles. The van der Waals surface area contributed by atoms with Crippen LogP contribution in [0.25, 0.3) is 11.5 Å². The SMILES string of the molecule is C=CCOc1ccc(CN(CC2CCCO2)C(=O)c2cc(-c3ccco3)on2)cc1OC. The minimum absolute atomic E-state index is 0.00695. The lowest BCUT2D eigenvalue weighted by Crippen LogP contribution is -2.37. The predicted octanol–water partition coefficient (Wildman–Crippen LogP) is 4.33. The number of carbonyl (C=O) groups is 1. The highest BCUT2D eigenvalue weighted by Crippen LogP contribution is 2.29. The smallest absolute Gasteiger partial charge is 0.276 e. The number of benzene rings is 1. The summed E-state index contributed by atoms with van der Waals surface area (Å²) in [5.74, 6) is 1.89. The maximum absolute atomic E-state index is 13.3. The second-order valence-corrected chi connectivity index (χ2v) is 7.46. The van der Waals surface area contributed by atoms with Gasteiger partial charge in [0.15, 0.2) is 23.0 Å². The van der Waals surface area contributed by atoms with Crippen molar-refractivity contribution < 1.29 is 27.9 Å². The van der Waals surface area contributed by atoms with Gasteiger partial charge in [-0.1, -0.05) is 23.9 Å². The van der Waals surface area contributed by atoms with E-state index in [1.165, 1.54) is 0 Å². The van der Waals surface area contributed by atoms with Crippen LogP contribution in [0, 0.1) is 0 Å². The van der Waals surface area contributed by atoms with Gasteiger partial charge in [0.25, 0.3) is 5.91 Å². The monoisotopic (exact) mass is 438 g/mol. The van der Waals surface area contributed by atoms with Crippen LogP contribution in [0.1, 0.15) is 28.9 Å². The number of hydrogen-bond acceptors (Lipinski definition) is 7. The van der Waals surface area contributed by atoms with Crippen LogP contribution in [0.5, 0.6) is 11.5 Å². The molecule has 2 aromatic heterocycles. The van der Waals surface area contributed by atoms with Gasteiger partial charge in [-0.2, -0.15) is 0 Å². The van der Waals surface area contributed by atoms with E-state index in [4.69, 9.17) is 23.2 Å². The Hall–Kier alpha value is -3.52. The molecule has 1 aromatic carbocycles. The summed E-state index contributed by atoms with van der Waals surface area (Å²) in [4.78, 5) is 15.1. The summed E-state index contributed by atoms with van der Waals surface area (Å²) in [5.41, 5.74) is 1.11. The first-order chi connectivity index (χ1) is 15.7. The molecule has 1 amide bonds. The Labute approximate surface area is 186 Å². The molecule has 1 fully saturated rings. The van der Waals surface area contributed by atoms with Crippen molar-refractivity contribution in [2.75, 3.05) is 26.9 Å². The van der Waals surface area contributed by atoms with Crippen LogP contribution < -0.4 is 9.47 Å². The molecule has 0 bridgehead atoms. The number of nitrogens with zero attached hydrogens (tertiary/aromatic N) is 2. The van der Waals surface area contributed by atoms with Gasteiger partial charge in [-0.15, -0.1) is 0 Å². The van der Waals surface area contributed by atoms with Gasteiger partial charge in [-0.05, 0) is 42.7 Å². The number of carbonyl (C=O) groups excluding carboxylic acids is 1. The van der Waals surface area contributed by atoms with E-state index < -0.39 is 0 Å². The minimum atomic E-state index is -0.243. The number of rotatable bonds is 10. The number of furan rings is 1. The molecule has 8 nitrogen and oxygen atoms in total. The van der Waals surface area contributed by atoms with Crippen LogP contribution in [0.15, 0.2) is 64.3 Å². The van der Waals surface area contributed by atoms with Gasteiger partial charge in [0, 0.05) is 25.8 Å². The number of amides is 1. The van der Waals surface area contributed by atoms with Crippen LogP contribution in [0.2, 0.25) is 0 Å². The number of methoxy groups -OCH3 is 1. The van der Waals surface area contributed by atoms with E-state index in [1.54, 1.807) is 42.5 Å². The molecule has 0 aliphatic carbocycles. The molecular formula is C24H26N2O6. The summed E-state index contributed by atoms with van der Waals surface area (Å²) >= 11 is 0. The minimum Gasteiger partial charge on any atom is -0.493 e. The van der Waals surface area contributed by atoms with Crippen LogP contribution >= 0.6 is 0 Å². The van der Waals surface area contributed by atoms with Crippen molar-refractivity contribution in [2.45, 2.75) is 25.5 Å². The van der Waals surface area contributed by atoms with Crippen molar-refractivity contribution in [3.8, 4) is 23.0 Å². The van der Waals surface area contributed by atoms with Gasteiger partial charge in [-0.3, -0.25) is 4.79 Å². The second kappa shape index (κ2) is 10.2. The summed E-state index contributed by atoms with van der Waals surface area (Å²) in [5, 5.41) is 3.97. The van der Waals surface area contributed by atoms with E-state index in [0.717, 1.165) is 18.4 Å². The maximum atomic E-state index is 13.3. The van der Waals surface area contributed by atoms with Gasteiger partial charge >= 0.3 is 0 Å². The van der Waals surface area contributed by atoms with Gasteiger partial charge in [0.2, 0.25) is 5.76 Å². The highest BCUT2D eigenvalue weighted by molar-refractivity contribution is 5.93. The zero-order chi connectivity index (χ0) is 22.3. The molecule has 3 aromatic rings. The van der Waals surface area contributed by atoms with E-state index in [9.17, 15) is 4.79 Å². The molecule has 8 heteroatoms. The summed E-state index contributed by atoms with van der Waals surface area (Å²) in [6.45, 7) is 5.57. The average molecular weight is 438 g/mol. The zero-order valence-electron chi connectivity index (χ0n) is 18.0. The first-order valence-electron chi connectivity index (χ1n) is 10.5. The highest BCUT2D eigenvalue weighted by Gasteiger charge is 2.26. The Bertz CT molecular complexity index is 1040. The van der Waals surface area contributed by atoms with Crippen LogP contribution in [-0.4, -0.2) is 48.9 Å². The normalized spacial score (nSPS) is 15.5. The van der Waals surface area contributed by atoms with E-state index in [0.29, 0.717) is 49.3 Å². The molecular weight excluding hydrogens is 412 g/mol. The molecule has 168 valence electrons. The molecule has 1 saturated heterocycles. The van der Waals surface area contributed by atoms with Crippen LogP contribution in [-0.2, 0) is 11.3 Å². The standard InChI is InChI=1S/C24H26N2O6/c1-3-10-30-21-9-8-17(13-22(21)28-2)15-26(16-18-6-4-11-29-18)24(27)19-14-23(32-25-19)20-7-5-12-31-20/h3,5,7-9,12-14,18H,1,4,6,10-11,15-16H2,2H3. The topological polar surface area (TPSA) is 87.2 Å². The fraction of sp³-hybridized carbons (Fsp3) is 0.333. The fourth-order valence-electron chi connectivity index (χ4n) is 3.62. The summed E-state index contributed by atoms with van der Waals surface area (Å²) in [6, 6.07) is 10.7. The number of ether oxygens (including phenoxy) is 3. The van der Waals surface area contributed by atoms with Gasteiger partial charge in [0.1, 0.15) is 6.61 Å². The molecule has 1 aliphatic rings. The highest BCUT2D eigenvalue weighted by atomic mass is 16.5. The average Bonchev–Trinajstić information content (AvgIpc) is 3.59. The third-order valence-electron chi connectivity index (χ3n) is 5.19. The van der Waals surface area contributed by atoms with Gasteiger partial charge < -0.3 is 28.1 Å². The van der Waals surface area contributed by atoms with E-state index >= 15 is 0 Å². The van der Waals surface area contributed by atoms with Crippen molar-refractivity contribution in [1.29, 1.82) is 0 Å². The van der Waals surface area contributed by atoms with Crippen molar-refractivity contribution in [3.63, 3.8) is 0 Å². The van der Waals surface area contributed by atoms with E-state index in [-0.39, 0.29) is 17.7 Å². The Morgan fingerprint density at radius 3 is 2.91 bits per heavy atom. The lowest BCUT2D eigenvalue weighted by molar-refractivity contribution is 0.0499. The Kier molecular flexibility index (Phi) is 6.91. The Balaban J connectivity index is 1.55. The van der Waals surface area contributed by atoms with Crippen LogP contribution in [0.3, 0.4) is 0 Å². The van der Waals surface area contributed by atoms with E-state index in [2.05, 4.69) is 11.7 Å².